The van der Waals surface area contributed by atoms with E-state index in [1.165, 1.54) is 19.2 Å². The maximum Gasteiger partial charge on any atom is 0.221 e. The number of nitrogens with one attached hydrogen (secondary N) is 2. The number of nitrogens with zero attached hydrogens (tertiary/aromatic N) is 3. The number of fused-ring (bicyclic) bond motifs is 1. The topological polar surface area (TPSA) is 135 Å². The lowest BCUT2D eigenvalue weighted by Crippen LogP contribution is -2.13. The van der Waals surface area contributed by atoms with Gasteiger partial charge in [-0.15, -0.1) is 0 Å². The summed E-state index contributed by atoms with van der Waals surface area (Å²) in [6.07, 6.45) is 1.37. The average Bonchev–Trinajstić information content (AvgIpc) is 2.88. The van der Waals surface area contributed by atoms with Crippen molar-refractivity contribution in [3.05, 3.63) is 75.9 Å². The fraction of sp³-hybridized carbons (Fsp3) is 0.154. The van der Waals surface area contributed by atoms with Crippen LogP contribution in [0, 0.1) is 17.1 Å². The van der Waals surface area contributed by atoms with Crippen LogP contribution in [0.5, 0.6) is 11.5 Å². The molecule has 38 heavy (non-hydrogen) atoms. The van der Waals surface area contributed by atoms with Crippen LogP contribution in [0.3, 0.4) is 0 Å². The summed E-state index contributed by atoms with van der Waals surface area (Å²) in [4.78, 5) is 20.2. The zero-order chi connectivity index (χ0) is 27.2. The number of aromatic nitrogens is 2. The van der Waals surface area contributed by atoms with Crippen molar-refractivity contribution in [1.82, 2.24) is 9.97 Å². The minimum absolute atomic E-state index is 0.0192. The third-order valence-corrected chi connectivity index (χ3v) is 5.73. The number of hydrogen-bond acceptors (Lipinski definition) is 8. The van der Waals surface area contributed by atoms with Crippen LogP contribution in [0.25, 0.3) is 10.9 Å². The molecule has 2 aromatic carbocycles. The normalized spacial score (nSPS) is 10.6. The lowest BCUT2D eigenvalue weighted by atomic mass is 10.1. The van der Waals surface area contributed by atoms with Gasteiger partial charge in [-0.05, 0) is 18.2 Å². The number of ether oxygens (including phenoxy) is 2. The predicted molar refractivity (Wildman–Crippen MR) is 144 cm³/mol. The Balaban J connectivity index is 1.70. The van der Waals surface area contributed by atoms with Gasteiger partial charge in [0.15, 0.2) is 11.6 Å². The predicted octanol–water partition coefficient (Wildman–Crippen LogP) is 5.57. The molecule has 0 saturated heterocycles. The van der Waals surface area contributed by atoms with Crippen LogP contribution >= 0.6 is 23.2 Å². The van der Waals surface area contributed by atoms with E-state index >= 15 is 0 Å². The Labute approximate surface area is 227 Å². The zero-order valence-electron chi connectivity index (χ0n) is 20.0. The number of hydrogen-bond donors (Lipinski definition) is 3. The summed E-state index contributed by atoms with van der Waals surface area (Å²) in [5.41, 5.74) is 7.54. The molecule has 0 unspecified atom stereocenters. The van der Waals surface area contributed by atoms with Gasteiger partial charge in [-0.2, -0.15) is 5.26 Å². The highest BCUT2D eigenvalue weighted by atomic mass is 35.5. The highest BCUT2D eigenvalue weighted by Gasteiger charge is 2.17. The lowest BCUT2D eigenvalue weighted by molar-refractivity contribution is -0.114. The van der Waals surface area contributed by atoms with Crippen LogP contribution in [0.15, 0.2) is 48.7 Å². The van der Waals surface area contributed by atoms with Crippen LogP contribution in [-0.4, -0.2) is 29.0 Å². The molecule has 0 atom stereocenters. The second kappa shape index (κ2) is 11.9. The molecule has 12 heteroatoms. The van der Waals surface area contributed by atoms with Gasteiger partial charge in [-0.3, -0.25) is 9.78 Å². The monoisotopic (exact) mass is 554 g/mol. The van der Waals surface area contributed by atoms with Gasteiger partial charge in [0.1, 0.15) is 30.2 Å². The number of benzene rings is 2. The Morgan fingerprint density at radius 1 is 1.16 bits per heavy atom. The minimum atomic E-state index is -0.688. The van der Waals surface area contributed by atoms with Gasteiger partial charge < -0.3 is 25.8 Å². The van der Waals surface area contributed by atoms with Crippen molar-refractivity contribution < 1.29 is 18.7 Å². The Kier molecular flexibility index (Phi) is 8.43. The number of carbonyl (C=O) groups is 1. The first-order valence-electron chi connectivity index (χ1n) is 11.3. The number of rotatable bonds is 9. The van der Waals surface area contributed by atoms with Crippen LogP contribution in [0.2, 0.25) is 10.2 Å². The van der Waals surface area contributed by atoms with E-state index in [1.807, 2.05) is 0 Å². The molecule has 9 nitrogen and oxygen atoms in total. The molecule has 2 heterocycles. The summed E-state index contributed by atoms with van der Waals surface area (Å²) in [6, 6.07) is 12.8. The molecule has 2 aromatic heterocycles. The molecule has 0 bridgehead atoms. The summed E-state index contributed by atoms with van der Waals surface area (Å²) < 4.78 is 26.2. The third kappa shape index (κ3) is 6.20. The maximum atomic E-state index is 15.0. The summed E-state index contributed by atoms with van der Waals surface area (Å²) in [5, 5.41) is 16.4. The molecule has 0 saturated carbocycles. The van der Waals surface area contributed by atoms with Crippen molar-refractivity contribution in [2.24, 2.45) is 5.73 Å². The van der Waals surface area contributed by atoms with Crippen molar-refractivity contribution in [3.63, 3.8) is 0 Å². The van der Waals surface area contributed by atoms with Crippen molar-refractivity contribution in [1.29, 1.82) is 5.26 Å². The number of nitriles is 1. The van der Waals surface area contributed by atoms with Crippen molar-refractivity contribution in [3.8, 4) is 17.6 Å². The van der Waals surface area contributed by atoms with E-state index in [1.54, 1.807) is 30.3 Å². The fourth-order valence-electron chi connectivity index (χ4n) is 3.57. The van der Waals surface area contributed by atoms with Gasteiger partial charge >= 0.3 is 0 Å². The average molecular weight is 555 g/mol. The second-order valence-electron chi connectivity index (χ2n) is 7.97. The van der Waals surface area contributed by atoms with Gasteiger partial charge in [0.05, 0.1) is 38.9 Å². The van der Waals surface area contributed by atoms with Crippen LogP contribution < -0.4 is 25.8 Å². The van der Waals surface area contributed by atoms with E-state index in [2.05, 4.69) is 26.7 Å². The highest BCUT2D eigenvalue weighted by Crippen LogP contribution is 2.38. The number of nitrogens with two attached hydrogens (primary N) is 1. The minimum Gasteiger partial charge on any atom is -0.490 e. The first-order valence-corrected chi connectivity index (χ1v) is 12.0. The van der Waals surface area contributed by atoms with Crippen LogP contribution in [-0.2, 0) is 11.4 Å². The first kappa shape index (κ1) is 26.9. The van der Waals surface area contributed by atoms with E-state index in [4.69, 9.17) is 38.4 Å². The van der Waals surface area contributed by atoms with Gasteiger partial charge in [0, 0.05) is 43.3 Å². The standard InChI is InChI=1S/C26H21Cl2FN6O3/c1-14(36)33-22-7-17-20(10-24(22)37-6-5-30)32-12-15(11-31)26(17)35-21-9-19(29)23(8-18(21)27)38-13-16-3-2-4-25(28)34-16/h2-4,7-10,12H,5-6,13,30H2,1H3,(H,32,35)(H,33,36). The summed E-state index contributed by atoms with van der Waals surface area (Å²) >= 11 is 12.3. The Morgan fingerprint density at radius 3 is 2.68 bits per heavy atom. The summed E-state index contributed by atoms with van der Waals surface area (Å²) in [7, 11) is 0. The Morgan fingerprint density at radius 2 is 1.97 bits per heavy atom. The molecule has 4 N–H and O–H groups in total. The molecule has 4 aromatic rings. The second-order valence-corrected chi connectivity index (χ2v) is 8.76. The van der Waals surface area contributed by atoms with E-state index < -0.39 is 5.82 Å². The maximum absolute atomic E-state index is 15.0. The summed E-state index contributed by atoms with van der Waals surface area (Å²) in [5.74, 6) is -0.736. The Bertz CT molecular complexity index is 1560. The molecule has 0 aliphatic carbocycles. The smallest absolute Gasteiger partial charge is 0.221 e. The van der Waals surface area contributed by atoms with E-state index in [-0.39, 0.29) is 47.7 Å². The molecular formula is C26H21Cl2FN6O3. The molecule has 0 aliphatic rings. The SMILES string of the molecule is CC(=O)Nc1cc2c(Nc3cc(F)c(OCc4cccc(Cl)n4)cc3Cl)c(C#N)cnc2cc1OCCN. The number of amides is 1. The summed E-state index contributed by atoms with van der Waals surface area (Å²) in [6.45, 7) is 1.82. The largest absolute Gasteiger partial charge is 0.490 e. The van der Waals surface area contributed by atoms with E-state index in [9.17, 15) is 14.4 Å². The van der Waals surface area contributed by atoms with Crippen LogP contribution in [0.1, 0.15) is 18.2 Å². The van der Waals surface area contributed by atoms with Gasteiger partial charge in [-0.25, -0.2) is 9.37 Å². The van der Waals surface area contributed by atoms with Gasteiger partial charge in [0.25, 0.3) is 0 Å². The number of pyridine rings is 2. The fourth-order valence-corrected chi connectivity index (χ4v) is 3.95. The van der Waals surface area contributed by atoms with Crippen molar-refractivity contribution in [2.45, 2.75) is 13.5 Å². The van der Waals surface area contributed by atoms with Gasteiger partial charge in [-0.1, -0.05) is 29.3 Å². The molecular weight excluding hydrogens is 534 g/mol. The molecule has 0 spiro atoms. The third-order valence-electron chi connectivity index (χ3n) is 5.21. The quantitative estimate of drug-likeness (QED) is 0.228. The Hall–Kier alpha value is -4.17. The van der Waals surface area contributed by atoms with E-state index in [0.717, 1.165) is 6.07 Å². The molecule has 1 amide bonds. The molecule has 0 aliphatic heterocycles. The van der Waals surface area contributed by atoms with E-state index in [0.29, 0.717) is 38.9 Å². The number of carbonyl (C=O) groups excluding carboxylic acids is 1. The van der Waals surface area contributed by atoms with Crippen molar-refractivity contribution in [2.75, 3.05) is 23.8 Å². The molecule has 0 radical (unpaired) electrons. The van der Waals surface area contributed by atoms with Crippen molar-refractivity contribution >= 4 is 57.1 Å². The number of halogens is 3. The zero-order valence-corrected chi connectivity index (χ0v) is 21.5. The first-order chi connectivity index (χ1) is 18.3. The molecule has 194 valence electrons. The lowest BCUT2D eigenvalue weighted by Gasteiger charge is -2.17. The molecule has 0 fully saturated rings. The number of anilines is 3. The van der Waals surface area contributed by atoms with Crippen LogP contribution in [0.4, 0.5) is 21.5 Å². The van der Waals surface area contributed by atoms with Gasteiger partial charge in [0.2, 0.25) is 5.91 Å². The molecule has 4 rings (SSSR count). The highest BCUT2D eigenvalue weighted by molar-refractivity contribution is 6.33.